The molecule has 1 aromatic carbocycles. The summed E-state index contributed by atoms with van der Waals surface area (Å²) in [5, 5.41) is 0.441. The predicted molar refractivity (Wildman–Crippen MR) is 111 cm³/mol. The van der Waals surface area contributed by atoms with Crippen molar-refractivity contribution >= 4 is 28.5 Å². The molecular formula is C22H19F3N4O. The second-order valence-electron chi connectivity index (χ2n) is 7.29. The van der Waals surface area contributed by atoms with Crippen molar-refractivity contribution in [3.63, 3.8) is 0 Å². The third-order valence-electron chi connectivity index (χ3n) is 5.45. The number of nitrogens with zero attached hydrogens (tertiary/aromatic N) is 3. The lowest BCUT2D eigenvalue weighted by molar-refractivity contribution is -0.137. The van der Waals surface area contributed by atoms with E-state index in [9.17, 15) is 13.2 Å². The molecule has 154 valence electrons. The summed E-state index contributed by atoms with van der Waals surface area (Å²) < 4.78 is 46.3. The molecule has 0 saturated carbocycles. The van der Waals surface area contributed by atoms with Gasteiger partial charge in [-0.3, -0.25) is 4.99 Å². The second kappa shape index (κ2) is 7.28. The van der Waals surface area contributed by atoms with Gasteiger partial charge in [-0.25, -0.2) is 4.98 Å². The maximum absolute atomic E-state index is 13.6. The monoisotopic (exact) mass is 412 g/mol. The van der Waals surface area contributed by atoms with Crippen molar-refractivity contribution in [3.8, 4) is 11.3 Å². The molecule has 4 heterocycles. The number of allylic oxidation sites excluding steroid dienone is 1. The molecule has 1 saturated heterocycles. The molecule has 2 aliphatic heterocycles. The number of hydrogen-bond acceptors (Lipinski definition) is 4. The number of ether oxygens (including phenoxy) is 1. The first-order valence-corrected chi connectivity index (χ1v) is 9.73. The van der Waals surface area contributed by atoms with Gasteiger partial charge in [-0.15, -0.1) is 0 Å². The number of H-pyrrole nitrogens is 1. The van der Waals surface area contributed by atoms with Crippen molar-refractivity contribution in [2.24, 2.45) is 4.99 Å². The number of aromatic nitrogens is 2. The molecular weight excluding hydrogens is 393 g/mol. The summed E-state index contributed by atoms with van der Waals surface area (Å²) in [4.78, 5) is 13.5. The SMILES string of the molecule is FC(F)(F)c1cnc2[nH]c(-c3ccc(N4CCOCC4)cc3)cc2c1C1=CCN=C1. The van der Waals surface area contributed by atoms with Crippen molar-refractivity contribution in [1.82, 2.24) is 9.97 Å². The molecule has 3 aromatic rings. The molecule has 5 rings (SSSR count). The van der Waals surface area contributed by atoms with Crippen LogP contribution in [0, 0.1) is 0 Å². The molecule has 0 radical (unpaired) electrons. The number of fused-ring (bicyclic) bond motifs is 1. The van der Waals surface area contributed by atoms with Crippen molar-refractivity contribution < 1.29 is 17.9 Å². The lowest BCUT2D eigenvalue weighted by atomic mass is 9.98. The Labute approximate surface area is 170 Å². The first-order valence-electron chi connectivity index (χ1n) is 9.73. The number of pyridine rings is 1. The zero-order chi connectivity index (χ0) is 20.7. The minimum atomic E-state index is -4.50. The summed E-state index contributed by atoms with van der Waals surface area (Å²) >= 11 is 0. The van der Waals surface area contributed by atoms with Crippen molar-refractivity contribution in [2.75, 3.05) is 37.7 Å². The van der Waals surface area contributed by atoms with Crippen LogP contribution in [0.4, 0.5) is 18.9 Å². The second-order valence-corrected chi connectivity index (χ2v) is 7.29. The van der Waals surface area contributed by atoms with Gasteiger partial charge in [-0.05, 0) is 29.3 Å². The van der Waals surface area contributed by atoms with Crippen LogP contribution in [0.3, 0.4) is 0 Å². The van der Waals surface area contributed by atoms with Gasteiger partial charge in [0.05, 0.1) is 25.3 Å². The first kappa shape index (κ1) is 18.9. The Bertz CT molecular complexity index is 1140. The zero-order valence-corrected chi connectivity index (χ0v) is 16.0. The summed E-state index contributed by atoms with van der Waals surface area (Å²) in [6.07, 6.45) is -0.404. The van der Waals surface area contributed by atoms with Gasteiger partial charge in [0, 0.05) is 47.8 Å². The van der Waals surface area contributed by atoms with Crippen LogP contribution in [0.1, 0.15) is 11.1 Å². The van der Waals surface area contributed by atoms with Crippen LogP contribution in [-0.2, 0) is 10.9 Å². The van der Waals surface area contributed by atoms with E-state index in [1.165, 1.54) is 6.21 Å². The number of aromatic amines is 1. The van der Waals surface area contributed by atoms with Gasteiger partial charge >= 0.3 is 6.18 Å². The number of alkyl halides is 3. The number of rotatable bonds is 3. The molecule has 2 aliphatic rings. The van der Waals surface area contributed by atoms with E-state index in [1.54, 1.807) is 12.1 Å². The summed E-state index contributed by atoms with van der Waals surface area (Å²) in [6.45, 7) is 3.49. The lowest BCUT2D eigenvalue weighted by Crippen LogP contribution is -2.36. The highest BCUT2D eigenvalue weighted by atomic mass is 19.4. The number of halogens is 3. The Morgan fingerprint density at radius 2 is 1.83 bits per heavy atom. The van der Waals surface area contributed by atoms with E-state index in [0.29, 0.717) is 36.4 Å². The van der Waals surface area contributed by atoms with E-state index < -0.39 is 11.7 Å². The predicted octanol–water partition coefficient (Wildman–Crippen LogP) is 4.55. The highest BCUT2D eigenvalue weighted by molar-refractivity contribution is 6.16. The number of hydrogen-bond donors (Lipinski definition) is 1. The van der Waals surface area contributed by atoms with Gasteiger partial charge < -0.3 is 14.6 Å². The van der Waals surface area contributed by atoms with E-state index >= 15 is 0 Å². The lowest BCUT2D eigenvalue weighted by Gasteiger charge is -2.28. The third-order valence-corrected chi connectivity index (χ3v) is 5.45. The Kier molecular flexibility index (Phi) is 4.58. The highest BCUT2D eigenvalue weighted by Crippen LogP contribution is 2.39. The molecule has 1 N–H and O–H groups in total. The number of nitrogens with one attached hydrogen (secondary N) is 1. The standard InChI is InChI=1S/C22H19F3N4O/c23-22(24,25)18-13-27-21-17(20(18)15-5-6-26-12-15)11-19(28-21)14-1-3-16(4-2-14)29-7-9-30-10-8-29/h1-5,11-13H,6-10H2,(H,27,28). The smallest absolute Gasteiger partial charge is 0.378 e. The number of morpholine rings is 1. The molecule has 0 spiro atoms. The van der Waals surface area contributed by atoms with E-state index in [1.807, 2.05) is 24.3 Å². The number of benzene rings is 1. The maximum atomic E-state index is 13.6. The number of aliphatic imine (C=N–C) groups is 1. The average Bonchev–Trinajstić information content (AvgIpc) is 3.43. The Morgan fingerprint density at radius 1 is 1.07 bits per heavy atom. The fraction of sp³-hybridized carbons (Fsp3) is 0.273. The third kappa shape index (κ3) is 3.37. The maximum Gasteiger partial charge on any atom is 0.418 e. The van der Waals surface area contributed by atoms with Gasteiger partial charge in [-0.2, -0.15) is 13.2 Å². The Morgan fingerprint density at radius 3 is 2.50 bits per heavy atom. The van der Waals surface area contributed by atoms with Crippen LogP contribution < -0.4 is 4.90 Å². The Hall–Kier alpha value is -3.13. The first-order chi connectivity index (χ1) is 14.5. The van der Waals surface area contributed by atoms with E-state index in [0.717, 1.165) is 36.2 Å². The van der Waals surface area contributed by atoms with E-state index in [4.69, 9.17) is 4.74 Å². The number of anilines is 1. The largest absolute Gasteiger partial charge is 0.418 e. The van der Waals surface area contributed by atoms with E-state index in [-0.39, 0.29) is 5.56 Å². The van der Waals surface area contributed by atoms with Crippen LogP contribution >= 0.6 is 0 Å². The normalized spacial score (nSPS) is 17.0. The molecule has 0 atom stereocenters. The van der Waals surface area contributed by atoms with Crippen molar-refractivity contribution in [1.29, 1.82) is 0 Å². The van der Waals surface area contributed by atoms with Gasteiger partial charge in [0.15, 0.2) is 0 Å². The minimum absolute atomic E-state index is 0.126. The van der Waals surface area contributed by atoms with Crippen LogP contribution in [0.2, 0.25) is 0 Å². The zero-order valence-electron chi connectivity index (χ0n) is 16.0. The summed E-state index contributed by atoms with van der Waals surface area (Å²) in [6, 6.07) is 9.72. The minimum Gasteiger partial charge on any atom is -0.378 e. The molecule has 2 aromatic heterocycles. The molecule has 8 heteroatoms. The summed E-state index contributed by atoms with van der Waals surface area (Å²) in [5.41, 5.74) is 2.99. The topological polar surface area (TPSA) is 53.5 Å². The van der Waals surface area contributed by atoms with Crippen molar-refractivity contribution in [2.45, 2.75) is 6.18 Å². The van der Waals surface area contributed by atoms with Crippen LogP contribution in [0.15, 0.2) is 47.6 Å². The van der Waals surface area contributed by atoms with Gasteiger partial charge in [-0.1, -0.05) is 18.2 Å². The van der Waals surface area contributed by atoms with Gasteiger partial charge in [0.25, 0.3) is 0 Å². The molecule has 0 aliphatic carbocycles. The average molecular weight is 412 g/mol. The molecule has 1 fully saturated rings. The summed E-state index contributed by atoms with van der Waals surface area (Å²) in [5.74, 6) is 0. The van der Waals surface area contributed by atoms with Crippen LogP contribution in [-0.4, -0.2) is 49.0 Å². The van der Waals surface area contributed by atoms with Gasteiger partial charge in [0.1, 0.15) is 5.65 Å². The molecule has 5 nitrogen and oxygen atoms in total. The van der Waals surface area contributed by atoms with Crippen LogP contribution in [0.5, 0.6) is 0 Å². The molecule has 0 bridgehead atoms. The van der Waals surface area contributed by atoms with E-state index in [2.05, 4.69) is 19.9 Å². The van der Waals surface area contributed by atoms with Crippen molar-refractivity contribution in [3.05, 3.63) is 53.7 Å². The molecule has 0 amide bonds. The Balaban J connectivity index is 1.56. The fourth-order valence-corrected chi connectivity index (χ4v) is 3.95. The fourth-order valence-electron chi connectivity index (χ4n) is 3.95. The quantitative estimate of drug-likeness (QED) is 0.687. The molecule has 30 heavy (non-hydrogen) atoms. The highest BCUT2D eigenvalue weighted by Gasteiger charge is 2.36. The molecule has 0 unspecified atom stereocenters. The summed E-state index contributed by atoms with van der Waals surface area (Å²) in [7, 11) is 0. The van der Waals surface area contributed by atoms with Crippen LogP contribution in [0.25, 0.3) is 27.9 Å². The van der Waals surface area contributed by atoms with Gasteiger partial charge in [0.2, 0.25) is 0 Å².